The van der Waals surface area contributed by atoms with Gasteiger partial charge in [0, 0.05) is 6.42 Å². The van der Waals surface area contributed by atoms with Crippen LogP contribution in [-0.4, -0.2) is 45.4 Å². The molecule has 3 aliphatic rings. The molecular weight excluding hydrogens is 386 g/mol. The molecule has 0 amide bonds. The first-order valence-electron chi connectivity index (χ1n) is 8.88. The van der Waals surface area contributed by atoms with Crippen molar-refractivity contribution in [1.82, 2.24) is 0 Å². The van der Waals surface area contributed by atoms with Crippen LogP contribution in [0, 0.1) is 5.92 Å². The second kappa shape index (κ2) is 6.61. The average Bonchev–Trinajstić information content (AvgIpc) is 2.81. The van der Waals surface area contributed by atoms with E-state index in [0.717, 1.165) is 0 Å². The van der Waals surface area contributed by atoms with Crippen molar-refractivity contribution in [3.05, 3.63) is 0 Å². The minimum absolute atomic E-state index is 0.102. The predicted molar refractivity (Wildman–Crippen MR) is 91.4 cm³/mol. The number of phosphoric acid groups is 2. The van der Waals surface area contributed by atoms with Gasteiger partial charge in [0.15, 0.2) is 0 Å². The number of phosphoric ester groups is 2. The quantitative estimate of drug-likeness (QED) is 0.577. The Hall–Kier alpha value is 0.180. The molecule has 9 nitrogen and oxygen atoms in total. The molecule has 2 unspecified atom stereocenters. The van der Waals surface area contributed by atoms with E-state index in [9.17, 15) is 18.9 Å². The standard InChI is InChI=1S/C15H28O9P2/c1-9(2)21-25(16,17)23-14-6-11(5)20-13(14)15(8-12(15)7-14)24-26(18,19)22-10(3)4/h9-13H,6-8H2,1-5H3,(H,16,17)(H,18,19)/t11-,12+,13-,14+,15+/m0/s1. The van der Waals surface area contributed by atoms with Gasteiger partial charge in [-0.05, 0) is 53.4 Å². The lowest BCUT2D eigenvalue weighted by Gasteiger charge is -2.34. The van der Waals surface area contributed by atoms with Gasteiger partial charge >= 0.3 is 15.6 Å². The van der Waals surface area contributed by atoms with E-state index < -0.39 is 45.2 Å². The first-order valence-corrected chi connectivity index (χ1v) is 11.9. The SMILES string of the molecule is CC(C)OP(=O)(O)O[C@]12C[C@@H]3C[C@]3(OP(=O)(O)OC(C)C)[C@H]1O[C@@H](C)C2. The lowest BCUT2D eigenvalue weighted by Crippen LogP contribution is -2.44. The van der Waals surface area contributed by atoms with Crippen LogP contribution in [0.4, 0.5) is 0 Å². The molecule has 11 heteroatoms. The highest BCUT2D eigenvalue weighted by atomic mass is 31.2. The van der Waals surface area contributed by atoms with Crippen LogP contribution >= 0.6 is 15.6 Å². The Morgan fingerprint density at radius 1 is 0.962 bits per heavy atom. The zero-order chi connectivity index (χ0) is 19.5. The van der Waals surface area contributed by atoms with Gasteiger partial charge in [0.1, 0.15) is 17.3 Å². The van der Waals surface area contributed by atoms with Crippen molar-refractivity contribution < 1.29 is 41.7 Å². The van der Waals surface area contributed by atoms with Crippen molar-refractivity contribution in [3.8, 4) is 0 Å². The van der Waals surface area contributed by atoms with Crippen molar-refractivity contribution >= 4 is 15.6 Å². The minimum Gasteiger partial charge on any atom is -0.369 e. The Labute approximate surface area is 153 Å². The van der Waals surface area contributed by atoms with Gasteiger partial charge in [0.25, 0.3) is 0 Å². The average molecular weight is 414 g/mol. The molecule has 152 valence electrons. The summed E-state index contributed by atoms with van der Waals surface area (Å²) in [6, 6.07) is 0. The Kier molecular flexibility index (Phi) is 5.32. The Morgan fingerprint density at radius 2 is 1.50 bits per heavy atom. The first kappa shape index (κ1) is 20.9. The molecule has 2 N–H and O–H groups in total. The molecule has 2 saturated carbocycles. The van der Waals surface area contributed by atoms with Gasteiger partial charge in [0.2, 0.25) is 0 Å². The van der Waals surface area contributed by atoms with E-state index in [2.05, 4.69) is 0 Å². The predicted octanol–water partition coefficient (Wildman–Crippen LogP) is 3.15. The molecule has 2 aliphatic carbocycles. The molecule has 1 saturated heterocycles. The van der Waals surface area contributed by atoms with E-state index in [4.69, 9.17) is 22.8 Å². The lowest BCUT2D eigenvalue weighted by molar-refractivity contribution is -0.0926. The summed E-state index contributed by atoms with van der Waals surface area (Å²) in [5.74, 6) is -0.102. The van der Waals surface area contributed by atoms with E-state index in [1.807, 2.05) is 6.92 Å². The molecule has 3 fully saturated rings. The molecule has 0 bridgehead atoms. The molecule has 0 radical (unpaired) electrons. The maximum Gasteiger partial charge on any atom is 0.473 e. The summed E-state index contributed by atoms with van der Waals surface area (Å²) in [4.78, 5) is 20.1. The molecule has 0 aromatic carbocycles. The highest BCUT2D eigenvalue weighted by molar-refractivity contribution is 7.47. The normalized spacial score (nSPS) is 43.2. The Bertz CT molecular complexity index is 653. The second-order valence-electron chi connectivity index (χ2n) is 8.08. The van der Waals surface area contributed by atoms with Crippen LogP contribution in [0.15, 0.2) is 0 Å². The summed E-state index contributed by atoms with van der Waals surface area (Å²) in [5, 5.41) is 0. The second-order valence-corrected chi connectivity index (χ2v) is 10.7. The summed E-state index contributed by atoms with van der Waals surface area (Å²) in [5.41, 5.74) is -2.12. The number of ether oxygens (including phenoxy) is 1. The molecule has 0 aromatic rings. The third-order valence-corrected chi connectivity index (χ3v) is 7.42. The van der Waals surface area contributed by atoms with Gasteiger partial charge in [-0.25, -0.2) is 9.13 Å². The van der Waals surface area contributed by atoms with Crippen molar-refractivity contribution in [3.63, 3.8) is 0 Å². The highest BCUT2D eigenvalue weighted by Gasteiger charge is 2.79. The molecule has 1 aliphatic heterocycles. The summed E-state index contributed by atoms with van der Waals surface area (Å²) in [7, 11) is -8.60. The maximum atomic E-state index is 12.4. The fourth-order valence-electron chi connectivity index (χ4n) is 4.36. The molecule has 0 spiro atoms. The number of fused-ring (bicyclic) bond motifs is 3. The van der Waals surface area contributed by atoms with Crippen molar-refractivity contribution in [2.24, 2.45) is 5.92 Å². The number of hydrogen-bond donors (Lipinski definition) is 2. The third kappa shape index (κ3) is 3.97. The van der Waals surface area contributed by atoms with Gasteiger partial charge in [-0.1, -0.05) is 0 Å². The Balaban J connectivity index is 1.82. The van der Waals surface area contributed by atoms with Gasteiger partial charge in [-0.15, -0.1) is 0 Å². The van der Waals surface area contributed by atoms with Crippen LogP contribution in [0.25, 0.3) is 0 Å². The van der Waals surface area contributed by atoms with Crippen LogP contribution in [0.3, 0.4) is 0 Å². The minimum atomic E-state index is -4.31. The molecular formula is C15H28O9P2. The number of rotatable bonds is 8. The van der Waals surface area contributed by atoms with Gasteiger partial charge in [-0.2, -0.15) is 0 Å². The number of hydrogen-bond acceptors (Lipinski definition) is 7. The van der Waals surface area contributed by atoms with E-state index in [-0.39, 0.29) is 12.0 Å². The molecule has 1 heterocycles. The zero-order valence-corrected chi connectivity index (χ0v) is 17.4. The van der Waals surface area contributed by atoms with Crippen molar-refractivity contribution in [2.75, 3.05) is 0 Å². The zero-order valence-electron chi connectivity index (χ0n) is 15.7. The van der Waals surface area contributed by atoms with Crippen molar-refractivity contribution in [1.29, 1.82) is 0 Å². The molecule has 26 heavy (non-hydrogen) atoms. The summed E-state index contributed by atoms with van der Waals surface area (Å²) < 4.78 is 51.8. The lowest BCUT2D eigenvalue weighted by atomic mass is 9.92. The van der Waals surface area contributed by atoms with Crippen LogP contribution < -0.4 is 0 Å². The largest absolute Gasteiger partial charge is 0.473 e. The summed E-state index contributed by atoms with van der Waals surface area (Å²) in [6.07, 6.45) is -0.655. The first-order chi connectivity index (χ1) is 11.8. The third-order valence-electron chi connectivity index (χ3n) is 4.88. The topological polar surface area (TPSA) is 121 Å². The summed E-state index contributed by atoms with van der Waals surface area (Å²) in [6.45, 7) is 8.36. The van der Waals surface area contributed by atoms with E-state index in [1.165, 1.54) is 0 Å². The van der Waals surface area contributed by atoms with Gasteiger partial charge < -0.3 is 14.5 Å². The Morgan fingerprint density at radius 3 is 2.04 bits per heavy atom. The van der Waals surface area contributed by atoms with Crippen LogP contribution in [0.1, 0.15) is 53.9 Å². The molecule has 3 rings (SSSR count). The van der Waals surface area contributed by atoms with E-state index >= 15 is 0 Å². The highest BCUT2D eigenvalue weighted by Crippen LogP contribution is 2.73. The monoisotopic (exact) mass is 414 g/mol. The summed E-state index contributed by atoms with van der Waals surface area (Å²) >= 11 is 0. The fraction of sp³-hybridized carbons (Fsp3) is 1.00. The fourth-order valence-corrected chi connectivity index (χ4v) is 6.97. The van der Waals surface area contributed by atoms with Crippen LogP contribution in [0.2, 0.25) is 0 Å². The molecule has 7 atom stereocenters. The van der Waals surface area contributed by atoms with E-state index in [0.29, 0.717) is 19.3 Å². The van der Waals surface area contributed by atoms with Gasteiger partial charge in [0.05, 0.1) is 18.3 Å². The molecule has 0 aromatic heterocycles. The van der Waals surface area contributed by atoms with Crippen LogP contribution in [0.5, 0.6) is 0 Å². The van der Waals surface area contributed by atoms with Gasteiger partial charge in [-0.3, -0.25) is 18.1 Å². The maximum absolute atomic E-state index is 12.4. The smallest absolute Gasteiger partial charge is 0.369 e. The van der Waals surface area contributed by atoms with E-state index in [1.54, 1.807) is 27.7 Å². The van der Waals surface area contributed by atoms with Crippen molar-refractivity contribution in [2.45, 2.75) is 89.5 Å². The van der Waals surface area contributed by atoms with Crippen LogP contribution in [-0.2, 0) is 32.0 Å².